The van der Waals surface area contributed by atoms with Crippen LogP contribution < -0.4 is 10.1 Å². The summed E-state index contributed by atoms with van der Waals surface area (Å²) in [5, 5.41) is 6.34. The van der Waals surface area contributed by atoms with E-state index in [1.54, 1.807) is 7.11 Å². The summed E-state index contributed by atoms with van der Waals surface area (Å²) in [5.41, 5.74) is 4.78. The van der Waals surface area contributed by atoms with Gasteiger partial charge in [-0.1, -0.05) is 6.07 Å². The molecular formula is C23H20N2O3S. The van der Waals surface area contributed by atoms with Gasteiger partial charge in [-0.15, -0.1) is 11.3 Å². The molecule has 5 nitrogen and oxygen atoms in total. The summed E-state index contributed by atoms with van der Waals surface area (Å²) in [7, 11) is 1.63. The van der Waals surface area contributed by atoms with Crippen molar-refractivity contribution in [2.45, 2.75) is 25.7 Å². The van der Waals surface area contributed by atoms with Crippen molar-refractivity contribution < 1.29 is 13.9 Å². The number of methoxy groups -OCH3 is 1. The SMILES string of the molecule is COc1ccc2cc(-c3csc(NC(=O)c4ccc5c(c4)CCCC5)n3)oc2c1. The first-order valence-electron chi connectivity index (χ1n) is 9.66. The maximum atomic E-state index is 12.7. The van der Waals surface area contributed by atoms with Gasteiger partial charge in [-0.25, -0.2) is 4.98 Å². The number of furan rings is 1. The fourth-order valence-corrected chi connectivity index (χ4v) is 4.45. The summed E-state index contributed by atoms with van der Waals surface area (Å²) < 4.78 is 11.2. The predicted molar refractivity (Wildman–Crippen MR) is 115 cm³/mol. The molecule has 0 aliphatic heterocycles. The first kappa shape index (κ1) is 17.9. The third-order valence-electron chi connectivity index (χ3n) is 5.32. The van der Waals surface area contributed by atoms with Gasteiger partial charge in [-0.05, 0) is 67.1 Å². The standard InChI is InChI=1S/C23H20N2O3S/c1-27-18-9-8-16-11-21(28-20(16)12-18)19-13-29-23(24-19)25-22(26)17-7-6-14-4-2-3-5-15(14)10-17/h6-13H,2-5H2,1H3,(H,24,25,26). The van der Waals surface area contributed by atoms with Crippen LogP contribution in [0.2, 0.25) is 0 Å². The van der Waals surface area contributed by atoms with Gasteiger partial charge in [0.1, 0.15) is 17.0 Å². The van der Waals surface area contributed by atoms with Gasteiger partial charge in [-0.2, -0.15) is 0 Å². The van der Waals surface area contributed by atoms with E-state index < -0.39 is 0 Å². The van der Waals surface area contributed by atoms with Crippen LogP contribution >= 0.6 is 11.3 Å². The van der Waals surface area contributed by atoms with Crippen molar-refractivity contribution >= 4 is 33.3 Å². The Hall–Kier alpha value is -3.12. The summed E-state index contributed by atoms with van der Waals surface area (Å²) in [5.74, 6) is 1.28. The Morgan fingerprint density at radius 1 is 1.10 bits per heavy atom. The van der Waals surface area contributed by atoms with E-state index in [1.807, 2.05) is 41.8 Å². The summed E-state index contributed by atoms with van der Waals surface area (Å²) in [4.78, 5) is 17.2. The molecular weight excluding hydrogens is 384 g/mol. The maximum absolute atomic E-state index is 12.7. The van der Waals surface area contributed by atoms with E-state index in [0.717, 1.165) is 29.6 Å². The lowest BCUT2D eigenvalue weighted by molar-refractivity contribution is 0.102. The van der Waals surface area contributed by atoms with E-state index in [0.29, 0.717) is 22.1 Å². The second-order valence-corrected chi connectivity index (χ2v) is 8.06. The Bertz CT molecular complexity index is 1210. The molecule has 2 heterocycles. The summed E-state index contributed by atoms with van der Waals surface area (Å²) in [6.07, 6.45) is 4.58. The average Bonchev–Trinajstić information content (AvgIpc) is 3.39. The Morgan fingerprint density at radius 3 is 2.83 bits per heavy atom. The van der Waals surface area contributed by atoms with Crippen LogP contribution in [0.15, 0.2) is 52.3 Å². The number of aromatic nitrogens is 1. The van der Waals surface area contributed by atoms with E-state index >= 15 is 0 Å². The number of ether oxygens (including phenoxy) is 1. The van der Waals surface area contributed by atoms with Gasteiger partial charge in [0.25, 0.3) is 5.91 Å². The number of rotatable bonds is 4. The quantitative estimate of drug-likeness (QED) is 0.474. The molecule has 1 aliphatic carbocycles. The van der Waals surface area contributed by atoms with Crippen molar-refractivity contribution in [3.63, 3.8) is 0 Å². The molecule has 4 aromatic rings. The predicted octanol–water partition coefficient (Wildman–Crippen LogP) is 5.70. The number of anilines is 1. The highest BCUT2D eigenvalue weighted by Crippen LogP contribution is 2.32. The van der Waals surface area contributed by atoms with Crippen LogP contribution in [0.25, 0.3) is 22.4 Å². The minimum atomic E-state index is -0.131. The molecule has 0 radical (unpaired) electrons. The zero-order valence-electron chi connectivity index (χ0n) is 16.0. The highest BCUT2D eigenvalue weighted by molar-refractivity contribution is 7.14. The highest BCUT2D eigenvalue weighted by Gasteiger charge is 2.15. The summed E-state index contributed by atoms with van der Waals surface area (Å²) in [6.45, 7) is 0. The Labute approximate surface area is 172 Å². The molecule has 0 bridgehead atoms. The van der Waals surface area contributed by atoms with Crippen molar-refractivity contribution in [1.29, 1.82) is 0 Å². The molecule has 1 aliphatic rings. The molecule has 2 aromatic heterocycles. The number of benzene rings is 2. The molecule has 0 saturated carbocycles. The van der Waals surface area contributed by atoms with Crippen molar-refractivity contribution in [1.82, 2.24) is 4.98 Å². The zero-order chi connectivity index (χ0) is 19.8. The molecule has 146 valence electrons. The number of hydrogen-bond acceptors (Lipinski definition) is 5. The van der Waals surface area contributed by atoms with Crippen LogP contribution in [0, 0.1) is 0 Å². The molecule has 2 aromatic carbocycles. The molecule has 0 fully saturated rings. The minimum absolute atomic E-state index is 0.131. The lowest BCUT2D eigenvalue weighted by Gasteiger charge is -2.16. The lowest BCUT2D eigenvalue weighted by Crippen LogP contribution is -2.13. The third-order valence-corrected chi connectivity index (χ3v) is 6.07. The molecule has 29 heavy (non-hydrogen) atoms. The molecule has 1 amide bonds. The molecule has 6 heteroatoms. The Balaban J connectivity index is 1.35. The van der Waals surface area contributed by atoms with Crippen molar-refractivity contribution in [3.8, 4) is 17.2 Å². The molecule has 0 saturated heterocycles. The van der Waals surface area contributed by atoms with E-state index in [-0.39, 0.29) is 5.91 Å². The van der Waals surface area contributed by atoms with Crippen LogP contribution in [0.4, 0.5) is 5.13 Å². The van der Waals surface area contributed by atoms with E-state index in [2.05, 4.69) is 16.4 Å². The molecule has 0 unspecified atom stereocenters. The number of amides is 1. The minimum Gasteiger partial charge on any atom is -0.497 e. The lowest BCUT2D eigenvalue weighted by atomic mass is 9.90. The number of thiazole rings is 1. The van der Waals surface area contributed by atoms with Gasteiger partial charge in [0.2, 0.25) is 0 Å². The van der Waals surface area contributed by atoms with Crippen LogP contribution in [-0.4, -0.2) is 18.0 Å². The molecule has 0 spiro atoms. The molecule has 1 N–H and O–H groups in total. The average molecular weight is 404 g/mol. The van der Waals surface area contributed by atoms with Gasteiger partial charge in [0.05, 0.1) is 7.11 Å². The Kier molecular flexibility index (Phi) is 4.56. The number of hydrogen-bond donors (Lipinski definition) is 1. The highest BCUT2D eigenvalue weighted by atomic mass is 32.1. The molecule has 5 rings (SSSR count). The van der Waals surface area contributed by atoms with Gasteiger partial charge in [0.15, 0.2) is 10.9 Å². The van der Waals surface area contributed by atoms with Crippen LogP contribution in [-0.2, 0) is 12.8 Å². The summed E-state index contributed by atoms with van der Waals surface area (Å²) >= 11 is 1.39. The number of nitrogens with zero attached hydrogens (tertiary/aromatic N) is 1. The second kappa shape index (κ2) is 7.37. The van der Waals surface area contributed by atoms with Gasteiger partial charge >= 0.3 is 0 Å². The number of nitrogens with one attached hydrogen (secondary N) is 1. The molecule has 0 atom stereocenters. The van der Waals surface area contributed by atoms with E-state index in [9.17, 15) is 4.79 Å². The van der Waals surface area contributed by atoms with E-state index in [4.69, 9.17) is 9.15 Å². The maximum Gasteiger partial charge on any atom is 0.257 e. The number of carbonyl (C=O) groups excluding carboxylic acids is 1. The first-order valence-corrected chi connectivity index (χ1v) is 10.5. The number of carbonyl (C=O) groups is 1. The van der Waals surface area contributed by atoms with Gasteiger partial charge < -0.3 is 9.15 Å². The van der Waals surface area contributed by atoms with Crippen molar-refractivity contribution in [3.05, 3.63) is 64.5 Å². The van der Waals surface area contributed by atoms with Crippen LogP contribution in [0.3, 0.4) is 0 Å². The first-order chi connectivity index (χ1) is 14.2. The largest absolute Gasteiger partial charge is 0.497 e. The normalized spacial score (nSPS) is 13.3. The Morgan fingerprint density at radius 2 is 1.97 bits per heavy atom. The summed E-state index contributed by atoms with van der Waals surface area (Å²) in [6, 6.07) is 13.6. The van der Waals surface area contributed by atoms with E-state index in [1.165, 1.54) is 35.3 Å². The second-order valence-electron chi connectivity index (χ2n) is 7.20. The number of fused-ring (bicyclic) bond motifs is 2. The van der Waals surface area contributed by atoms with Crippen LogP contribution in [0.5, 0.6) is 5.75 Å². The third kappa shape index (κ3) is 3.51. The van der Waals surface area contributed by atoms with Crippen LogP contribution in [0.1, 0.15) is 34.3 Å². The van der Waals surface area contributed by atoms with Crippen molar-refractivity contribution in [2.75, 3.05) is 12.4 Å². The zero-order valence-corrected chi connectivity index (χ0v) is 16.8. The fourth-order valence-electron chi connectivity index (χ4n) is 3.75. The monoisotopic (exact) mass is 404 g/mol. The van der Waals surface area contributed by atoms with Crippen molar-refractivity contribution in [2.24, 2.45) is 0 Å². The van der Waals surface area contributed by atoms with Gasteiger partial charge in [0, 0.05) is 22.4 Å². The topological polar surface area (TPSA) is 64.4 Å². The fraction of sp³-hybridized carbons (Fsp3) is 0.217. The smallest absolute Gasteiger partial charge is 0.257 e. The number of aryl methyl sites for hydroxylation is 2. The van der Waals surface area contributed by atoms with Gasteiger partial charge in [-0.3, -0.25) is 10.1 Å².